The summed E-state index contributed by atoms with van der Waals surface area (Å²) in [6.45, 7) is 2.24. The lowest BCUT2D eigenvalue weighted by atomic mass is 10.1. The third-order valence-electron chi connectivity index (χ3n) is 4.55. The van der Waals surface area contributed by atoms with E-state index in [1.54, 1.807) is 13.1 Å². The van der Waals surface area contributed by atoms with Gasteiger partial charge in [0, 0.05) is 25.2 Å². The molecule has 0 saturated carbocycles. The van der Waals surface area contributed by atoms with Crippen molar-refractivity contribution in [3.63, 3.8) is 0 Å². The molecule has 0 aliphatic carbocycles. The third-order valence-corrected chi connectivity index (χ3v) is 6.60. The fraction of sp³-hybridized carbons (Fsp3) is 0.250. The Morgan fingerprint density at radius 1 is 1.23 bits per heavy atom. The second kappa shape index (κ2) is 8.19. The van der Waals surface area contributed by atoms with E-state index in [-0.39, 0.29) is 18.7 Å². The predicted octanol–water partition coefficient (Wildman–Crippen LogP) is 3.10. The zero-order valence-electron chi connectivity index (χ0n) is 17.0. The number of rotatable bonds is 6. The van der Waals surface area contributed by atoms with Crippen molar-refractivity contribution in [1.29, 1.82) is 0 Å². The van der Waals surface area contributed by atoms with Gasteiger partial charge in [-0.2, -0.15) is 0 Å². The number of sulfonamides is 1. The predicted molar refractivity (Wildman–Crippen MR) is 124 cm³/mol. The van der Waals surface area contributed by atoms with Gasteiger partial charge in [0.1, 0.15) is 22.9 Å². The number of ether oxygens (including phenoxy) is 1. The van der Waals surface area contributed by atoms with Crippen molar-refractivity contribution in [2.24, 2.45) is 7.05 Å². The molecule has 0 radical (unpaired) electrons. The highest BCUT2D eigenvalue weighted by molar-refractivity contribution is 7.88. The Labute approximate surface area is 187 Å². The highest BCUT2D eigenvalue weighted by Gasteiger charge is 2.16. The number of thiazole rings is 1. The first-order chi connectivity index (χ1) is 14.6. The van der Waals surface area contributed by atoms with Crippen molar-refractivity contribution in [2.45, 2.75) is 6.92 Å². The molecule has 0 bridgehead atoms. The molecule has 11 heteroatoms. The van der Waals surface area contributed by atoms with Gasteiger partial charge in [-0.25, -0.2) is 23.1 Å². The Kier molecular flexibility index (Phi) is 5.73. The van der Waals surface area contributed by atoms with Crippen molar-refractivity contribution in [3.8, 4) is 16.3 Å². The fourth-order valence-electron chi connectivity index (χ4n) is 3.19. The SMILES string of the molecule is Cc1cc(-c2nc3c(Cl)cc(OCCNS(C)(=O)=O)cc3s2)c2ncn(C)c(=O)c2c1. The summed E-state index contributed by atoms with van der Waals surface area (Å²) in [6, 6.07) is 7.24. The maximum atomic E-state index is 12.5. The molecule has 0 spiro atoms. The zero-order valence-corrected chi connectivity index (χ0v) is 19.4. The fourth-order valence-corrected chi connectivity index (χ4v) is 4.99. The van der Waals surface area contributed by atoms with Crippen LogP contribution in [0.5, 0.6) is 5.75 Å². The van der Waals surface area contributed by atoms with Crippen molar-refractivity contribution in [1.82, 2.24) is 19.3 Å². The summed E-state index contributed by atoms with van der Waals surface area (Å²) in [5.74, 6) is 0.518. The summed E-state index contributed by atoms with van der Waals surface area (Å²) < 4.78 is 32.6. The molecule has 0 unspecified atom stereocenters. The third kappa shape index (κ3) is 4.57. The van der Waals surface area contributed by atoms with Gasteiger partial charge >= 0.3 is 0 Å². The van der Waals surface area contributed by atoms with Gasteiger partial charge in [0.2, 0.25) is 10.0 Å². The Morgan fingerprint density at radius 2 is 2.00 bits per heavy atom. The van der Waals surface area contributed by atoms with Crippen LogP contribution in [0.1, 0.15) is 5.56 Å². The Morgan fingerprint density at radius 3 is 2.74 bits per heavy atom. The van der Waals surface area contributed by atoms with Crippen LogP contribution in [-0.4, -0.2) is 42.4 Å². The molecule has 0 aliphatic heterocycles. The molecular weight excluding hydrogens is 460 g/mol. The van der Waals surface area contributed by atoms with Crippen LogP contribution in [0.4, 0.5) is 0 Å². The van der Waals surface area contributed by atoms with E-state index < -0.39 is 10.0 Å². The highest BCUT2D eigenvalue weighted by Crippen LogP contribution is 2.38. The van der Waals surface area contributed by atoms with E-state index in [1.807, 2.05) is 25.1 Å². The lowest BCUT2D eigenvalue weighted by Crippen LogP contribution is -2.26. The molecule has 1 N–H and O–H groups in total. The van der Waals surface area contributed by atoms with Crippen LogP contribution in [0.3, 0.4) is 0 Å². The van der Waals surface area contributed by atoms with Crippen LogP contribution >= 0.6 is 22.9 Å². The maximum absolute atomic E-state index is 12.5. The van der Waals surface area contributed by atoms with Crippen LogP contribution in [0.15, 0.2) is 35.4 Å². The van der Waals surface area contributed by atoms with E-state index in [0.29, 0.717) is 32.2 Å². The smallest absolute Gasteiger partial charge is 0.260 e. The summed E-state index contributed by atoms with van der Waals surface area (Å²) in [5.41, 5.74) is 2.80. The van der Waals surface area contributed by atoms with Gasteiger partial charge in [-0.15, -0.1) is 11.3 Å². The number of hydrogen-bond acceptors (Lipinski definition) is 7. The Balaban J connectivity index is 1.73. The molecule has 4 aromatic rings. The molecule has 8 nitrogen and oxygen atoms in total. The topological polar surface area (TPSA) is 103 Å². The van der Waals surface area contributed by atoms with E-state index in [1.165, 1.54) is 22.2 Å². The van der Waals surface area contributed by atoms with Crippen LogP contribution in [0.2, 0.25) is 5.02 Å². The lowest BCUT2D eigenvalue weighted by molar-refractivity contribution is 0.323. The molecule has 0 atom stereocenters. The summed E-state index contributed by atoms with van der Waals surface area (Å²) in [7, 11) is -1.60. The zero-order chi connectivity index (χ0) is 22.3. The number of aryl methyl sites for hydroxylation is 2. The number of nitrogens with one attached hydrogen (secondary N) is 1. The number of benzene rings is 2. The lowest BCUT2D eigenvalue weighted by Gasteiger charge is -2.07. The first-order valence-electron chi connectivity index (χ1n) is 9.26. The minimum atomic E-state index is -3.27. The molecule has 162 valence electrons. The van der Waals surface area contributed by atoms with Gasteiger partial charge in [0.25, 0.3) is 5.56 Å². The summed E-state index contributed by atoms with van der Waals surface area (Å²) in [4.78, 5) is 21.7. The van der Waals surface area contributed by atoms with E-state index >= 15 is 0 Å². The summed E-state index contributed by atoms with van der Waals surface area (Å²) in [5, 5.41) is 1.65. The molecule has 2 aromatic carbocycles. The van der Waals surface area contributed by atoms with Gasteiger partial charge < -0.3 is 9.30 Å². The second-order valence-corrected chi connectivity index (χ2v) is 10.4. The summed E-state index contributed by atoms with van der Waals surface area (Å²) in [6.07, 6.45) is 2.59. The van der Waals surface area contributed by atoms with Gasteiger partial charge in [0.05, 0.1) is 33.2 Å². The summed E-state index contributed by atoms with van der Waals surface area (Å²) >= 11 is 7.85. The average Bonchev–Trinajstić information content (AvgIpc) is 3.12. The van der Waals surface area contributed by atoms with Crippen LogP contribution in [-0.2, 0) is 17.1 Å². The van der Waals surface area contributed by atoms with Gasteiger partial charge in [-0.3, -0.25) is 4.79 Å². The quantitative estimate of drug-likeness (QED) is 0.427. The van der Waals surface area contributed by atoms with E-state index in [2.05, 4.69) is 14.7 Å². The van der Waals surface area contributed by atoms with Gasteiger partial charge in [-0.1, -0.05) is 11.6 Å². The van der Waals surface area contributed by atoms with Crippen LogP contribution in [0, 0.1) is 6.92 Å². The molecule has 0 fully saturated rings. The van der Waals surface area contributed by atoms with Gasteiger partial charge in [-0.05, 0) is 30.7 Å². The molecule has 4 rings (SSSR count). The maximum Gasteiger partial charge on any atom is 0.260 e. The highest BCUT2D eigenvalue weighted by atomic mass is 35.5. The van der Waals surface area contributed by atoms with E-state index in [0.717, 1.165) is 22.1 Å². The standard InChI is InChI=1S/C20H19ClN4O4S2/c1-11-6-13(17-14(7-11)20(26)25(2)10-22-17)19-24-18-15(21)8-12(9-16(18)30-19)29-5-4-23-31(3,27)28/h6-10,23H,4-5H2,1-3H3. The largest absolute Gasteiger partial charge is 0.492 e. The molecular formula is C20H19ClN4O4S2. The van der Waals surface area contributed by atoms with Crippen molar-refractivity contribution in [2.75, 3.05) is 19.4 Å². The second-order valence-electron chi connectivity index (χ2n) is 7.16. The molecule has 0 amide bonds. The Bertz CT molecular complexity index is 1480. The Hall–Kier alpha value is -2.53. The molecule has 31 heavy (non-hydrogen) atoms. The van der Waals surface area contributed by atoms with Crippen molar-refractivity contribution >= 4 is 54.1 Å². The van der Waals surface area contributed by atoms with E-state index in [9.17, 15) is 13.2 Å². The van der Waals surface area contributed by atoms with Crippen LogP contribution in [0.25, 0.3) is 31.7 Å². The molecule has 0 aliphatic rings. The van der Waals surface area contributed by atoms with E-state index in [4.69, 9.17) is 16.3 Å². The number of hydrogen-bond donors (Lipinski definition) is 1. The molecule has 0 saturated heterocycles. The number of nitrogens with zero attached hydrogens (tertiary/aromatic N) is 3. The minimum Gasteiger partial charge on any atom is -0.492 e. The average molecular weight is 479 g/mol. The van der Waals surface area contributed by atoms with Crippen molar-refractivity contribution in [3.05, 3.63) is 51.5 Å². The number of fused-ring (bicyclic) bond motifs is 2. The van der Waals surface area contributed by atoms with Crippen LogP contribution < -0.4 is 15.0 Å². The monoisotopic (exact) mass is 478 g/mol. The normalized spacial score (nSPS) is 12.0. The molecule has 2 heterocycles. The molecule has 2 aromatic heterocycles. The number of aromatic nitrogens is 3. The first-order valence-corrected chi connectivity index (χ1v) is 12.3. The first kappa shape index (κ1) is 21.7. The van der Waals surface area contributed by atoms with Gasteiger partial charge in [0.15, 0.2) is 0 Å². The number of halogens is 1. The van der Waals surface area contributed by atoms with Crippen molar-refractivity contribution < 1.29 is 13.2 Å². The minimum absolute atomic E-state index is 0.118.